The molecule has 8 atom stereocenters. The summed E-state index contributed by atoms with van der Waals surface area (Å²) in [6.45, 7) is 0. The third-order valence-electron chi connectivity index (χ3n) is 5.29. The van der Waals surface area contributed by atoms with Gasteiger partial charge in [0.15, 0.2) is 0 Å². The number of hydrogen-bond donors (Lipinski definition) is 2. The lowest BCUT2D eigenvalue weighted by molar-refractivity contribution is 0.0944. The molecule has 0 heterocycles. The van der Waals surface area contributed by atoms with Crippen LogP contribution in [-0.4, -0.2) is 22.4 Å². The van der Waals surface area contributed by atoms with E-state index in [0.29, 0.717) is 35.5 Å². The first kappa shape index (κ1) is 6.39. The molecule has 4 rings (SSSR count). The van der Waals surface area contributed by atoms with E-state index >= 15 is 0 Å². The molecule has 66 valence electrons. The lowest BCUT2D eigenvalue weighted by Crippen LogP contribution is -2.27. The van der Waals surface area contributed by atoms with Crippen molar-refractivity contribution in [3.8, 4) is 0 Å². The van der Waals surface area contributed by atoms with Gasteiger partial charge >= 0.3 is 0 Å². The first-order chi connectivity index (χ1) is 5.79. The largest absolute Gasteiger partial charge is 0.393 e. The Bertz CT molecular complexity index is 226. The van der Waals surface area contributed by atoms with Crippen molar-refractivity contribution < 1.29 is 10.2 Å². The second-order valence-electron chi connectivity index (χ2n) is 5.26. The molecule has 4 saturated carbocycles. The molecule has 4 fully saturated rings. The smallest absolute Gasteiger partial charge is 0.0605 e. The highest BCUT2D eigenvalue weighted by atomic mass is 16.3. The van der Waals surface area contributed by atoms with Gasteiger partial charge < -0.3 is 10.2 Å². The molecule has 0 aromatic rings. The Morgan fingerprint density at radius 3 is 1.42 bits per heavy atom. The van der Waals surface area contributed by atoms with Crippen LogP contribution in [0.1, 0.15) is 12.8 Å². The molecule has 0 aliphatic heterocycles. The van der Waals surface area contributed by atoms with Crippen LogP contribution in [0.25, 0.3) is 0 Å². The zero-order valence-electron chi connectivity index (χ0n) is 6.93. The van der Waals surface area contributed by atoms with Crippen LogP contribution < -0.4 is 0 Å². The fourth-order valence-corrected chi connectivity index (χ4v) is 5.10. The molecular formula is C10H14O2. The second-order valence-corrected chi connectivity index (χ2v) is 5.26. The van der Waals surface area contributed by atoms with Gasteiger partial charge in [-0.3, -0.25) is 0 Å². The fourth-order valence-electron chi connectivity index (χ4n) is 5.10. The number of hydrogen-bond acceptors (Lipinski definition) is 2. The molecular weight excluding hydrogens is 152 g/mol. The fraction of sp³-hybridized carbons (Fsp3) is 1.00. The average molecular weight is 166 g/mol. The van der Waals surface area contributed by atoms with Crippen molar-refractivity contribution in [2.75, 3.05) is 0 Å². The van der Waals surface area contributed by atoms with Crippen molar-refractivity contribution in [1.82, 2.24) is 0 Å². The van der Waals surface area contributed by atoms with E-state index in [9.17, 15) is 10.2 Å². The quantitative estimate of drug-likeness (QED) is 0.541. The standard InChI is InChI=1S/C10H14O2/c11-9-5-1-3-6-2-4(5)8(7(3)9)10(6)12/h3-12H,1-2H2. The van der Waals surface area contributed by atoms with Gasteiger partial charge in [0.2, 0.25) is 0 Å². The molecule has 0 amide bonds. The molecule has 2 nitrogen and oxygen atoms in total. The van der Waals surface area contributed by atoms with Gasteiger partial charge in [-0.15, -0.1) is 0 Å². The summed E-state index contributed by atoms with van der Waals surface area (Å²) in [6, 6.07) is 0. The van der Waals surface area contributed by atoms with E-state index in [0.717, 1.165) is 0 Å². The monoisotopic (exact) mass is 166 g/mol. The average Bonchev–Trinajstić information content (AvgIpc) is 2.68. The van der Waals surface area contributed by atoms with Gasteiger partial charge in [-0.1, -0.05) is 0 Å². The predicted molar refractivity (Wildman–Crippen MR) is 42.2 cm³/mol. The van der Waals surface area contributed by atoms with E-state index in [1.165, 1.54) is 12.8 Å². The van der Waals surface area contributed by atoms with Crippen molar-refractivity contribution in [3.05, 3.63) is 0 Å². The number of fused-ring (bicyclic) bond motifs is 4. The van der Waals surface area contributed by atoms with Gasteiger partial charge in [0.05, 0.1) is 12.2 Å². The summed E-state index contributed by atoms with van der Waals surface area (Å²) in [6.07, 6.45) is 2.34. The van der Waals surface area contributed by atoms with Crippen molar-refractivity contribution in [1.29, 1.82) is 0 Å². The van der Waals surface area contributed by atoms with Crippen molar-refractivity contribution in [2.45, 2.75) is 25.0 Å². The van der Waals surface area contributed by atoms with Crippen LogP contribution in [0, 0.1) is 35.5 Å². The summed E-state index contributed by atoms with van der Waals surface area (Å²) in [5, 5.41) is 19.8. The Kier molecular flexibility index (Phi) is 0.851. The summed E-state index contributed by atoms with van der Waals surface area (Å²) in [5.74, 6) is 3.50. The minimum Gasteiger partial charge on any atom is -0.393 e. The van der Waals surface area contributed by atoms with Crippen molar-refractivity contribution >= 4 is 0 Å². The third kappa shape index (κ3) is 0.409. The summed E-state index contributed by atoms with van der Waals surface area (Å²) in [4.78, 5) is 0. The highest BCUT2D eigenvalue weighted by Crippen LogP contribution is 2.72. The molecule has 4 bridgehead atoms. The zero-order chi connectivity index (χ0) is 8.03. The van der Waals surface area contributed by atoms with E-state index in [1.54, 1.807) is 0 Å². The second kappa shape index (κ2) is 1.60. The van der Waals surface area contributed by atoms with Gasteiger partial charge in [-0.05, 0) is 48.3 Å². The Morgan fingerprint density at radius 1 is 0.667 bits per heavy atom. The lowest BCUT2D eigenvalue weighted by Gasteiger charge is -2.33. The van der Waals surface area contributed by atoms with Crippen LogP contribution in [0.4, 0.5) is 0 Å². The summed E-state index contributed by atoms with van der Waals surface area (Å²) in [7, 11) is 0. The normalized spacial score (nSPS) is 76.5. The molecule has 2 heteroatoms. The minimum atomic E-state index is -0.0489. The molecule has 0 radical (unpaired) electrons. The Hall–Kier alpha value is -0.0800. The van der Waals surface area contributed by atoms with Gasteiger partial charge in [0.25, 0.3) is 0 Å². The Balaban J connectivity index is 1.92. The van der Waals surface area contributed by atoms with Gasteiger partial charge in [0, 0.05) is 0 Å². The highest BCUT2D eigenvalue weighted by molar-refractivity contribution is 5.20. The van der Waals surface area contributed by atoms with E-state index in [4.69, 9.17) is 0 Å². The molecule has 8 unspecified atom stereocenters. The van der Waals surface area contributed by atoms with Crippen LogP contribution in [-0.2, 0) is 0 Å². The molecule has 0 spiro atoms. The van der Waals surface area contributed by atoms with Crippen LogP contribution in [0.5, 0.6) is 0 Å². The zero-order valence-corrected chi connectivity index (χ0v) is 6.93. The van der Waals surface area contributed by atoms with Crippen LogP contribution in [0.2, 0.25) is 0 Å². The van der Waals surface area contributed by atoms with Gasteiger partial charge in [-0.25, -0.2) is 0 Å². The Labute approximate surface area is 71.6 Å². The van der Waals surface area contributed by atoms with Crippen LogP contribution in [0.3, 0.4) is 0 Å². The lowest BCUT2D eigenvalue weighted by atomic mass is 9.71. The maximum atomic E-state index is 9.91. The summed E-state index contributed by atoms with van der Waals surface area (Å²) >= 11 is 0. The number of aliphatic hydroxyl groups excluding tert-OH is 2. The highest BCUT2D eigenvalue weighted by Gasteiger charge is 2.72. The van der Waals surface area contributed by atoms with Crippen molar-refractivity contribution in [3.63, 3.8) is 0 Å². The molecule has 0 aromatic heterocycles. The van der Waals surface area contributed by atoms with E-state index in [-0.39, 0.29) is 12.2 Å². The third-order valence-corrected chi connectivity index (χ3v) is 5.29. The van der Waals surface area contributed by atoms with E-state index in [1.807, 2.05) is 0 Å². The van der Waals surface area contributed by atoms with E-state index < -0.39 is 0 Å². The maximum Gasteiger partial charge on any atom is 0.0605 e. The van der Waals surface area contributed by atoms with Gasteiger partial charge in [-0.2, -0.15) is 0 Å². The number of rotatable bonds is 0. The maximum absolute atomic E-state index is 9.91. The SMILES string of the molecule is OC1C2CC3C4CC2C(C4O)C13. The molecule has 0 aromatic carbocycles. The van der Waals surface area contributed by atoms with E-state index in [2.05, 4.69) is 0 Å². The van der Waals surface area contributed by atoms with Crippen molar-refractivity contribution in [2.24, 2.45) is 35.5 Å². The first-order valence-electron chi connectivity index (χ1n) is 5.15. The topological polar surface area (TPSA) is 40.5 Å². The summed E-state index contributed by atoms with van der Waals surface area (Å²) in [5.41, 5.74) is 0. The molecule has 0 saturated heterocycles. The molecule has 4 aliphatic rings. The van der Waals surface area contributed by atoms with Crippen LogP contribution in [0.15, 0.2) is 0 Å². The van der Waals surface area contributed by atoms with Crippen LogP contribution >= 0.6 is 0 Å². The predicted octanol–water partition coefficient (Wildman–Crippen LogP) is 0.240. The molecule has 12 heavy (non-hydrogen) atoms. The molecule has 4 aliphatic carbocycles. The molecule has 2 N–H and O–H groups in total. The summed E-state index contributed by atoms with van der Waals surface area (Å²) < 4.78 is 0. The minimum absolute atomic E-state index is 0.0489. The number of aliphatic hydroxyl groups is 2. The van der Waals surface area contributed by atoms with Gasteiger partial charge in [0.1, 0.15) is 0 Å². The first-order valence-corrected chi connectivity index (χ1v) is 5.15. The Morgan fingerprint density at radius 2 is 1.08 bits per heavy atom.